The van der Waals surface area contributed by atoms with Gasteiger partial charge in [0.05, 0.1) is 14.2 Å². The average molecular weight is 294 g/mol. The number of amides is 1. The van der Waals surface area contributed by atoms with Crippen LogP contribution < -0.4 is 15.4 Å². The van der Waals surface area contributed by atoms with E-state index in [0.717, 1.165) is 11.3 Å². The van der Waals surface area contributed by atoms with E-state index in [1.807, 2.05) is 31.2 Å². The summed E-state index contributed by atoms with van der Waals surface area (Å²) in [5, 5.41) is 5.76. The molecular formula is C15H22N2O4. The Hall–Kier alpha value is -2.08. The van der Waals surface area contributed by atoms with Crippen molar-refractivity contribution in [1.29, 1.82) is 0 Å². The topological polar surface area (TPSA) is 76.7 Å². The van der Waals surface area contributed by atoms with Crippen molar-refractivity contribution >= 4 is 11.9 Å². The van der Waals surface area contributed by atoms with Crippen LogP contribution in [0.5, 0.6) is 5.75 Å². The number of nitrogens with one attached hydrogen (secondary N) is 2. The van der Waals surface area contributed by atoms with E-state index in [2.05, 4.69) is 15.4 Å². The predicted octanol–water partition coefficient (Wildman–Crippen LogP) is 1.02. The highest BCUT2D eigenvalue weighted by Gasteiger charge is 2.20. The molecule has 0 radical (unpaired) electrons. The zero-order chi connectivity index (χ0) is 15.8. The highest BCUT2D eigenvalue weighted by Crippen LogP contribution is 2.17. The van der Waals surface area contributed by atoms with Crippen molar-refractivity contribution in [3.63, 3.8) is 0 Å². The molecule has 6 nitrogen and oxygen atoms in total. The van der Waals surface area contributed by atoms with Gasteiger partial charge in [-0.2, -0.15) is 0 Å². The Morgan fingerprint density at radius 1 is 1.19 bits per heavy atom. The molecule has 0 saturated carbocycles. The number of carbonyl (C=O) groups is 2. The first-order valence-electron chi connectivity index (χ1n) is 6.70. The smallest absolute Gasteiger partial charge is 0.329 e. The number of rotatable bonds is 7. The maximum atomic E-state index is 11.6. The zero-order valence-corrected chi connectivity index (χ0v) is 12.8. The molecule has 116 valence electrons. The van der Waals surface area contributed by atoms with Gasteiger partial charge in [0.15, 0.2) is 0 Å². The van der Waals surface area contributed by atoms with E-state index in [9.17, 15) is 9.59 Å². The Morgan fingerprint density at radius 3 is 2.29 bits per heavy atom. The van der Waals surface area contributed by atoms with Crippen LogP contribution in [0.15, 0.2) is 24.3 Å². The van der Waals surface area contributed by atoms with Crippen molar-refractivity contribution in [3.8, 4) is 5.75 Å². The molecule has 0 saturated heterocycles. The van der Waals surface area contributed by atoms with Crippen LogP contribution in [-0.4, -0.2) is 38.7 Å². The maximum absolute atomic E-state index is 11.6. The molecule has 2 N–H and O–H groups in total. The molecule has 0 fully saturated rings. The number of esters is 1. The van der Waals surface area contributed by atoms with Gasteiger partial charge < -0.3 is 20.1 Å². The molecule has 1 rings (SSSR count). The molecule has 0 spiro atoms. The lowest BCUT2D eigenvalue weighted by molar-refractivity contribution is -0.144. The molecule has 0 aliphatic heterocycles. The third-order valence-electron chi connectivity index (χ3n) is 3.11. The molecule has 0 bridgehead atoms. The molecule has 2 unspecified atom stereocenters. The highest BCUT2D eigenvalue weighted by atomic mass is 16.5. The summed E-state index contributed by atoms with van der Waals surface area (Å²) < 4.78 is 9.78. The van der Waals surface area contributed by atoms with Gasteiger partial charge in [-0.1, -0.05) is 12.1 Å². The molecule has 6 heteroatoms. The standard InChI is InChI=1S/C15H22N2O4/c1-10(12-5-7-13(20-3)8-6-12)16-9-14(15(19)21-4)17-11(2)18/h5-8,10,14,16H,9H2,1-4H3,(H,17,18). The van der Waals surface area contributed by atoms with Crippen molar-refractivity contribution < 1.29 is 19.1 Å². The van der Waals surface area contributed by atoms with Crippen LogP contribution in [0.1, 0.15) is 25.5 Å². The fourth-order valence-electron chi connectivity index (χ4n) is 1.89. The number of carbonyl (C=O) groups excluding carboxylic acids is 2. The average Bonchev–Trinajstić information content (AvgIpc) is 2.50. The first kappa shape index (κ1) is 17.0. The lowest BCUT2D eigenvalue weighted by Gasteiger charge is -2.20. The lowest BCUT2D eigenvalue weighted by atomic mass is 10.1. The van der Waals surface area contributed by atoms with Gasteiger partial charge in [0, 0.05) is 19.5 Å². The van der Waals surface area contributed by atoms with Gasteiger partial charge in [-0.15, -0.1) is 0 Å². The molecule has 21 heavy (non-hydrogen) atoms. The number of methoxy groups -OCH3 is 2. The Morgan fingerprint density at radius 2 is 1.81 bits per heavy atom. The van der Waals surface area contributed by atoms with E-state index in [4.69, 9.17) is 4.74 Å². The molecule has 2 atom stereocenters. The van der Waals surface area contributed by atoms with Crippen molar-refractivity contribution in [1.82, 2.24) is 10.6 Å². The van der Waals surface area contributed by atoms with Crippen LogP contribution in [0.25, 0.3) is 0 Å². The van der Waals surface area contributed by atoms with Crippen LogP contribution in [0.2, 0.25) is 0 Å². The van der Waals surface area contributed by atoms with E-state index in [1.54, 1.807) is 7.11 Å². The second-order valence-corrected chi connectivity index (χ2v) is 4.68. The largest absolute Gasteiger partial charge is 0.497 e. The summed E-state index contributed by atoms with van der Waals surface area (Å²) in [4.78, 5) is 22.7. The summed E-state index contributed by atoms with van der Waals surface area (Å²) in [6, 6.07) is 6.97. The van der Waals surface area contributed by atoms with Crippen molar-refractivity contribution in [3.05, 3.63) is 29.8 Å². The minimum Gasteiger partial charge on any atom is -0.497 e. The molecule has 1 aromatic carbocycles. The summed E-state index contributed by atoms with van der Waals surface area (Å²) in [5.74, 6) is 0.0422. The molecule has 1 aromatic rings. The van der Waals surface area contributed by atoms with Gasteiger partial charge in [0.1, 0.15) is 11.8 Å². The van der Waals surface area contributed by atoms with Gasteiger partial charge in [-0.3, -0.25) is 4.79 Å². The van der Waals surface area contributed by atoms with Gasteiger partial charge in [-0.25, -0.2) is 4.79 Å². The normalized spacial score (nSPS) is 13.1. The van der Waals surface area contributed by atoms with Crippen LogP contribution >= 0.6 is 0 Å². The lowest BCUT2D eigenvalue weighted by Crippen LogP contribution is -2.47. The molecule has 0 aliphatic rings. The fourth-order valence-corrected chi connectivity index (χ4v) is 1.89. The Kier molecular flexibility index (Phi) is 6.68. The highest BCUT2D eigenvalue weighted by molar-refractivity contribution is 5.83. The predicted molar refractivity (Wildman–Crippen MR) is 79.0 cm³/mol. The summed E-state index contributed by atoms with van der Waals surface area (Å²) in [6.45, 7) is 3.63. The van der Waals surface area contributed by atoms with Crippen LogP contribution in [-0.2, 0) is 14.3 Å². The van der Waals surface area contributed by atoms with Crippen LogP contribution in [0, 0.1) is 0 Å². The monoisotopic (exact) mass is 294 g/mol. The third-order valence-corrected chi connectivity index (χ3v) is 3.11. The van der Waals surface area contributed by atoms with Crippen molar-refractivity contribution in [2.45, 2.75) is 25.9 Å². The first-order chi connectivity index (χ1) is 9.97. The quantitative estimate of drug-likeness (QED) is 0.734. The minimum atomic E-state index is -0.701. The first-order valence-corrected chi connectivity index (χ1v) is 6.70. The molecular weight excluding hydrogens is 272 g/mol. The number of benzene rings is 1. The van der Waals surface area contributed by atoms with Crippen LogP contribution in [0.4, 0.5) is 0 Å². The van der Waals surface area contributed by atoms with Gasteiger partial charge in [0.2, 0.25) is 5.91 Å². The molecule has 1 amide bonds. The minimum absolute atomic E-state index is 0.0248. The van der Waals surface area contributed by atoms with Gasteiger partial charge in [0.25, 0.3) is 0 Å². The summed E-state index contributed by atoms with van der Waals surface area (Å²) in [7, 11) is 2.91. The molecule has 0 aliphatic carbocycles. The Labute approximate surface area is 124 Å². The third kappa shape index (κ3) is 5.43. The zero-order valence-electron chi connectivity index (χ0n) is 12.8. The Bertz CT molecular complexity index is 473. The van der Waals surface area contributed by atoms with E-state index >= 15 is 0 Å². The Balaban J connectivity index is 2.60. The van der Waals surface area contributed by atoms with E-state index < -0.39 is 12.0 Å². The van der Waals surface area contributed by atoms with Crippen molar-refractivity contribution in [2.75, 3.05) is 20.8 Å². The van der Waals surface area contributed by atoms with E-state index in [-0.39, 0.29) is 11.9 Å². The second-order valence-electron chi connectivity index (χ2n) is 4.68. The molecule has 0 heterocycles. The number of hydrogen-bond acceptors (Lipinski definition) is 5. The SMILES string of the molecule is COC(=O)C(CNC(C)c1ccc(OC)cc1)NC(C)=O. The van der Waals surface area contributed by atoms with Gasteiger partial charge >= 0.3 is 5.97 Å². The number of ether oxygens (including phenoxy) is 2. The van der Waals surface area contributed by atoms with Crippen LogP contribution in [0.3, 0.4) is 0 Å². The summed E-state index contributed by atoms with van der Waals surface area (Å²) >= 11 is 0. The second kappa shape index (κ2) is 8.26. The van der Waals surface area contributed by atoms with E-state index in [0.29, 0.717) is 6.54 Å². The summed E-state index contributed by atoms with van der Waals surface area (Å²) in [5.41, 5.74) is 1.06. The number of hydrogen-bond donors (Lipinski definition) is 2. The summed E-state index contributed by atoms with van der Waals surface area (Å²) in [6.07, 6.45) is 0. The molecule has 0 aromatic heterocycles. The van der Waals surface area contributed by atoms with E-state index in [1.165, 1.54) is 14.0 Å². The maximum Gasteiger partial charge on any atom is 0.329 e. The van der Waals surface area contributed by atoms with Crippen molar-refractivity contribution in [2.24, 2.45) is 0 Å². The van der Waals surface area contributed by atoms with Gasteiger partial charge in [-0.05, 0) is 24.6 Å². The fraction of sp³-hybridized carbons (Fsp3) is 0.467.